The van der Waals surface area contributed by atoms with Crippen molar-refractivity contribution in [1.82, 2.24) is 4.90 Å². The Labute approximate surface area is 146 Å². The summed E-state index contributed by atoms with van der Waals surface area (Å²) in [6.07, 6.45) is 5.42. The number of anilines is 1. The first-order chi connectivity index (χ1) is 12.1. The Balaban J connectivity index is 1.39. The second-order valence-electron chi connectivity index (χ2n) is 7.73. The van der Waals surface area contributed by atoms with Crippen LogP contribution in [-0.2, 0) is 14.4 Å². The maximum absolute atomic E-state index is 13.0. The molecule has 3 amide bonds. The number of para-hydroxylation sites is 1. The van der Waals surface area contributed by atoms with Crippen molar-refractivity contribution in [3.05, 3.63) is 42.5 Å². The van der Waals surface area contributed by atoms with Gasteiger partial charge in [0.2, 0.25) is 17.7 Å². The largest absolute Gasteiger partial charge is 0.324 e. The number of likely N-dealkylation sites (tertiary alicyclic amines) is 1. The number of nitrogens with zero attached hydrogens (tertiary/aromatic N) is 1. The summed E-state index contributed by atoms with van der Waals surface area (Å²) in [4.78, 5) is 39.8. The molecule has 6 rings (SSSR count). The molecule has 5 aliphatic rings. The zero-order valence-corrected chi connectivity index (χ0v) is 14.0. The van der Waals surface area contributed by atoms with Gasteiger partial charge in [-0.2, -0.15) is 0 Å². The highest BCUT2D eigenvalue weighted by molar-refractivity contribution is 6.10. The van der Waals surface area contributed by atoms with Gasteiger partial charge in [0, 0.05) is 5.69 Å². The SMILES string of the molecule is C[C@@H](C(=O)Nc1ccccc1)N1C(=O)[C@H]2[C@@H]3C=C[C@H]([C@H]4C[C@H]34)[C@@H]2C1=O. The predicted octanol–water partition coefficient (Wildman–Crippen LogP) is 2.07. The van der Waals surface area contributed by atoms with Crippen molar-refractivity contribution in [3.8, 4) is 0 Å². The van der Waals surface area contributed by atoms with Crippen molar-refractivity contribution < 1.29 is 14.4 Å². The normalized spacial score (nSPS) is 38.4. The Morgan fingerprint density at radius 1 is 1.04 bits per heavy atom. The van der Waals surface area contributed by atoms with Gasteiger partial charge in [-0.1, -0.05) is 30.4 Å². The topological polar surface area (TPSA) is 66.5 Å². The van der Waals surface area contributed by atoms with Crippen LogP contribution in [0.4, 0.5) is 5.69 Å². The molecule has 25 heavy (non-hydrogen) atoms. The molecule has 0 spiro atoms. The molecule has 4 aliphatic carbocycles. The van der Waals surface area contributed by atoms with Gasteiger partial charge < -0.3 is 5.32 Å². The summed E-state index contributed by atoms with van der Waals surface area (Å²) in [5, 5.41) is 2.80. The molecule has 128 valence electrons. The molecule has 1 aromatic rings. The number of amides is 3. The molecule has 1 aromatic carbocycles. The zero-order valence-electron chi connectivity index (χ0n) is 14.0. The lowest BCUT2D eigenvalue weighted by Gasteiger charge is -2.37. The van der Waals surface area contributed by atoms with Gasteiger partial charge in [-0.25, -0.2) is 0 Å². The first kappa shape index (κ1) is 14.9. The molecule has 5 heteroatoms. The van der Waals surface area contributed by atoms with E-state index in [-0.39, 0.29) is 41.4 Å². The van der Waals surface area contributed by atoms with Gasteiger partial charge in [-0.3, -0.25) is 19.3 Å². The maximum Gasteiger partial charge on any atom is 0.247 e. The Morgan fingerprint density at radius 3 is 2.16 bits per heavy atom. The van der Waals surface area contributed by atoms with Crippen molar-refractivity contribution in [3.63, 3.8) is 0 Å². The predicted molar refractivity (Wildman–Crippen MR) is 91.1 cm³/mol. The summed E-state index contributed by atoms with van der Waals surface area (Å²) in [7, 11) is 0. The lowest BCUT2D eigenvalue weighted by Crippen LogP contribution is -2.46. The number of carbonyl (C=O) groups is 3. The van der Waals surface area contributed by atoms with Crippen molar-refractivity contribution in [2.75, 3.05) is 5.32 Å². The molecule has 0 unspecified atom stereocenters. The van der Waals surface area contributed by atoms with Crippen molar-refractivity contribution in [1.29, 1.82) is 0 Å². The fourth-order valence-corrected chi connectivity index (χ4v) is 5.25. The highest BCUT2D eigenvalue weighted by Crippen LogP contribution is 2.65. The third-order valence-corrected chi connectivity index (χ3v) is 6.50. The Morgan fingerprint density at radius 2 is 1.60 bits per heavy atom. The van der Waals surface area contributed by atoms with Crippen LogP contribution < -0.4 is 5.32 Å². The number of benzene rings is 1. The molecule has 1 saturated heterocycles. The lowest BCUT2D eigenvalue weighted by atomic mass is 9.63. The van der Waals surface area contributed by atoms with E-state index in [2.05, 4.69) is 17.5 Å². The van der Waals surface area contributed by atoms with Gasteiger partial charge in [0.25, 0.3) is 0 Å². The number of allylic oxidation sites excluding steroid dienone is 2. The molecule has 1 N–H and O–H groups in total. The second kappa shape index (κ2) is 5.04. The molecule has 0 aromatic heterocycles. The van der Waals surface area contributed by atoms with E-state index in [0.717, 1.165) is 6.42 Å². The molecule has 7 atom stereocenters. The summed E-state index contributed by atoms with van der Waals surface area (Å²) >= 11 is 0. The summed E-state index contributed by atoms with van der Waals surface area (Å²) in [5.41, 5.74) is 0.666. The molecule has 1 aliphatic heterocycles. The lowest BCUT2D eigenvalue weighted by molar-refractivity contribution is -0.146. The monoisotopic (exact) mass is 336 g/mol. The van der Waals surface area contributed by atoms with Gasteiger partial charge in [-0.15, -0.1) is 0 Å². The number of hydrogen-bond donors (Lipinski definition) is 1. The van der Waals surface area contributed by atoms with Crippen LogP contribution in [0.1, 0.15) is 13.3 Å². The third-order valence-electron chi connectivity index (χ3n) is 6.50. The second-order valence-corrected chi connectivity index (χ2v) is 7.73. The highest BCUT2D eigenvalue weighted by Gasteiger charge is 2.67. The minimum absolute atomic E-state index is 0.157. The molecule has 2 bridgehead atoms. The zero-order chi connectivity index (χ0) is 17.3. The first-order valence-electron chi connectivity index (χ1n) is 8.99. The fourth-order valence-electron chi connectivity index (χ4n) is 5.25. The van der Waals surface area contributed by atoms with E-state index in [1.807, 2.05) is 18.2 Å². The van der Waals surface area contributed by atoms with E-state index in [1.165, 1.54) is 4.90 Å². The molecular weight excluding hydrogens is 316 g/mol. The van der Waals surface area contributed by atoms with Crippen LogP contribution in [-0.4, -0.2) is 28.7 Å². The molecule has 0 radical (unpaired) electrons. The van der Waals surface area contributed by atoms with E-state index in [4.69, 9.17) is 0 Å². The summed E-state index contributed by atoms with van der Waals surface area (Å²) < 4.78 is 0. The smallest absolute Gasteiger partial charge is 0.247 e. The molecular formula is C20H20N2O3. The van der Waals surface area contributed by atoms with Crippen LogP contribution in [0.2, 0.25) is 0 Å². The minimum atomic E-state index is -0.790. The van der Waals surface area contributed by atoms with Crippen LogP contribution in [0.15, 0.2) is 42.5 Å². The Bertz CT molecular complexity index is 766. The first-order valence-corrected chi connectivity index (χ1v) is 8.99. The van der Waals surface area contributed by atoms with Crippen molar-refractivity contribution in [2.45, 2.75) is 19.4 Å². The Hall–Kier alpha value is -2.43. The standard InChI is InChI=1S/C20H20N2O3/c1-10(18(23)21-11-5-3-2-4-6-11)22-19(24)16-12-7-8-13(15-9-14(12)15)17(16)20(22)25/h2-8,10,12-17H,9H2,1H3,(H,21,23)/t10-,12+,13+,14+,15+,16-,17-/m0/s1. The van der Waals surface area contributed by atoms with Crippen LogP contribution in [0, 0.1) is 35.5 Å². The number of hydrogen-bond acceptors (Lipinski definition) is 3. The van der Waals surface area contributed by atoms with E-state index >= 15 is 0 Å². The van der Waals surface area contributed by atoms with E-state index < -0.39 is 6.04 Å². The third kappa shape index (κ3) is 1.98. The van der Waals surface area contributed by atoms with Gasteiger partial charge in [0.1, 0.15) is 6.04 Å². The van der Waals surface area contributed by atoms with Gasteiger partial charge in [-0.05, 0) is 49.1 Å². The average molecular weight is 336 g/mol. The van der Waals surface area contributed by atoms with Gasteiger partial charge in [0.15, 0.2) is 0 Å². The molecule has 3 fully saturated rings. The van der Waals surface area contributed by atoms with Crippen molar-refractivity contribution in [2.24, 2.45) is 35.5 Å². The maximum atomic E-state index is 13.0. The fraction of sp³-hybridized carbons (Fsp3) is 0.450. The number of carbonyl (C=O) groups excluding carboxylic acids is 3. The summed E-state index contributed by atoms with van der Waals surface area (Å²) in [6.45, 7) is 1.64. The van der Waals surface area contributed by atoms with Crippen LogP contribution in [0.3, 0.4) is 0 Å². The van der Waals surface area contributed by atoms with Crippen LogP contribution in [0.5, 0.6) is 0 Å². The minimum Gasteiger partial charge on any atom is -0.324 e. The van der Waals surface area contributed by atoms with E-state index in [0.29, 0.717) is 17.5 Å². The number of nitrogens with one attached hydrogen (secondary N) is 1. The Kier molecular flexibility index (Phi) is 3.00. The highest BCUT2D eigenvalue weighted by atomic mass is 16.2. The average Bonchev–Trinajstić information content (AvgIpc) is 3.40. The molecule has 5 nitrogen and oxygen atoms in total. The van der Waals surface area contributed by atoms with E-state index in [9.17, 15) is 14.4 Å². The molecule has 2 saturated carbocycles. The van der Waals surface area contributed by atoms with Gasteiger partial charge in [0.05, 0.1) is 11.8 Å². The number of rotatable bonds is 3. The quantitative estimate of drug-likeness (QED) is 0.679. The van der Waals surface area contributed by atoms with Crippen molar-refractivity contribution >= 4 is 23.4 Å². The summed E-state index contributed by atoms with van der Waals surface area (Å²) in [5.74, 6) is 0.374. The summed E-state index contributed by atoms with van der Waals surface area (Å²) in [6, 6.07) is 8.31. The van der Waals surface area contributed by atoms with Gasteiger partial charge >= 0.3 is 0 Å². The van der Waals surface area contributed by atoms with Crippen LogP contribution >= 0.6 is 0 Å². The number of imide groups is 1. The molecule has 1 heterocycles. The van der Waals surface area contributed by atoms with E-state index in [1.54, 1.807) is 19.1 Å². The van der Waals surface area contributed by atoms with Crippen LogP contribution in [0.25, 0.3) is 0 Å².